The maximum atomic E-state index is 12.3. The van der Waals surface area contributed by atoms with Crippen LogP contribution in [0.25, 0.3) is 0 Å². The van der Waals surface area contributed by atoms with Gasteiger partial charge in [0.25, 0.3) is 5.91 Å². The smallest absolute Gasteiger partial charge is 0.412 e. The molecule has 0 unspecified atom stereocenters. The van der Waals surface area contributed by atoms with Crippen LogP contribution in [-0.2, 0) is 4.74 Å². The molecular formula is C15H22N2O3S. The summed E-state index contributed by atoms with van der Waals surface area (Å²) >= 11 is 1.29. The van der Waals surface area contributed by atoms with Crippen molar-refractivity contribution in [3.05, 3.63) is 17.0 Å². The molecule has 2 heterocycles. The number of ether oxygens (including phenoxy) is 1. The predicted molar refractivity (Wildman–Crippen MR) is 83.9 cm³/mol. The number of carbonyl (C=O) groups excluding carboxylic acids is 2. The second-order valence-corrected chi connectivity index (χ2v) is 7.23. The van der Waals surface area contributed by atoms with E-state index in [1.54, 1.807) is 12.1 Å². The van der Waals surface area contributed by atoms with Crippen molar-refractivity contribution in [1.82, 2.24) is 4.90 Å². The monoisotopic (exact) mass is 310 g/mol. The van der Waals surface area contributed by atoms with Gasteiger partial charge in [-0.1, -0.05) is 0 Å². The fraction of sp³-hybridized carbons (Fsp3) is 0.600. The lowest BCUT2D eigenvalue weighted by atomic mass is 10.1. The SMILES string of the molecule is CC(C)(C)OC(=O)Nc1ccc(C(=O)N2CCCCC2)s1. The Morgan fingerprint density at radius 2 is 1.86 bits per heavy atom. The predicted octanol–water partition coefficient (Wildman–Crippen LogP) is 3.72. The van der Waals surface area contributed by atoms with E-state index in [2.05, 4.69) is 5.32 Å². The van der Waals surface area contributed by atoms with Gasteiger partial charge >= 0.3 is 6.09 Å². The molecule has 1 N–H and O–H groups in total. The van der Waals surface area contributed by atoms with E-state index in [-0.39, 0.29) is 5.91 Å². The van der Waals surface area contributed by atoms with Crippen LogP contribution in [0.5, 0.6) is 0 Å². The number of nitrogens with one attached hydrogen (secondary N) is 1. The van der Waals surface area contributed by atoms with E-state index in [1.807, 2.05) is 25.7 Å². The van der Waals surface area contributed by atoms with Gasteiger partial charge < -0.3 is 9.64 Å². The molecule has 1 aromatic rings. The summed E-state index contributed by atoms with van der Waals surface area (Å²) < 4.78 is 5.19. The van der Waals surface area contributed by atoms with Gasteiger partial charge in [0.15, 0.2) is 0 Å². The van der Waals surface area contributed by atoms with Gasteiger partial charge in [-0.3, -0.25) is 10.1 Å². The van der Waals surface area contributed by atoms with Crippen molar-refractivity contribution in [3.8, 4) is 0 Å². The molecule has 116 valence electrons. The summed E-state index contributed by atoms with van der Waals surface area (Å²) in [7, 11) is 0. The lowest BCUT2D eigenvalue weighted by Gasteiger charge is -2.26. The first kappa shape index (κ1) is 15.8. The number of hydrogen-bond donors (Lipinski definition) is 1. The summed E-state index contributed by atoms with van der Waals surface area (Å²) in [6.45, 7) is 7.09. The van der Waals surface area contributed by atoms with Gasteiger partial charge in [0, 0.05) is 13.1 Å². The van der Waals surface area contributed by atoms with Crippen LogP contribution in [0.3, 0.4) is 0 Å². The number of carbonyl (C=O) groups is 2. The molecule has 0 aromatic carbocycles. The first-order chi connectivity index (χ1) is 9.85. The van der Waals surface area contributed by atoms with Gasteiger partial charge in [0.05, 0.1) is 9.88 Å². The molecule has 2 amide bonds. The topological polar surface area (TPSA) is 58.6 Å². The van der Waals surface area contributed by atoms with Crippen LogP contribution in [0.2, 0.25) is 0 Å². The van der Waals surface area contributed by atoms with Gasteiger partial charge in [0.2, 0.25) is 0 Å². The Hall–Kier alpha value is -1.56. The van der Waals surface area contributed by atoms with Crippen LogP contribution >= 0.6 is 11.3 Å². The molecule has 1 saturated heterocycles. The van der Waals surface area contributed by atoms with Gasteiger partial charge in [-0.05, 0) is 52.2 Å². The van der Waals surface area contributed by atoms with Crippen LogP contribution in [0.4, 0.5) is 9.80 Å². The molecule has 0 spiro atoms. The van der Waals surface area contributed by atoms with E-state index >= 15 is 0 Å². The highest BCUT2D eigenvalue weighted by Gasteiger charge is 2.21. The first-order valence-corrected chi connectivity index (χ1v) is 8.06. The summed E-state index contributed by atoms with van der Waals surface area (Å²) in [5.41, 5.74) is -0.534. The molecule has 0 aliphatic carbocycles. The van der Waals surface area contributed by atoms with Gasteiger partial charge in [-0.2, -0.15) is 0 Å². The minimum absolute atomic E-state index is 0.0527. The van der Waals surface area contributed by atoms with E-state index in [0.29, 0.717) is 9.88 Å². The average Bonchev–Trinajstić information content (AvgIpc) is 2.85. The summed E-state index contributed by atoms with van der Waals surface area (Å²) in [6, 6.07) is 3.50. The zero-order valence-corrected chi connectivity index (χ0v) is 13.6. The third-order valence-electron chi connectivity index (χ3n) is 3.08. The van der Waals surface area contributed by atoms with Crippen molar-refractivity contribution in [2.24, 2.45) is 0 Å². The lowest BCUT2D eigenvalue weighted by molar-refractivity contribution is 0.0635. The fourth-order valence-electron chi connectivity index (χ4n) is 2.18. The van der Waals surface area contributed by atoms with Crippen LogP contribution in [0.1, 0.15) is 49.7 Å². The number of likely N-dealkylation sites (tertiary alicyclic amines) is 1. The van der Waals surface area contributed by atoms with E-state index < -0.39 is 11.7 Å². The second-order valence-electron chi connectivity index (χ2n) is 6.14. The molecule has 0 radical (unpaired) electrons. The lowest BCUT2D eigenvalue weighted by Crippen LogP contribution is -2.35. The Morgan fingerprint density at radius 3 is 2.48 bits per heavy atom. The molecule has 6 heteroatoms. The van der Waals surface area contributed by atoms with E-state index in [1.165, 1.54) is 17.8 Å². The first-order valence-electron chi connectivity index (χ1n) is 7.24. The Labute approximate surface area is 129 Å². The second kappa shape index (κ2) is 6.47. The highest BCUT2D eigenvalue weighted by molar-refractivity contribution is 7.18. The number of anilines is 1. The number of amides is 2. The number of piperidine rings is 1. The molecule has 21 heavy (non-hydrogen) atoms. The zero-order valence-electron chi connectivity index (χ0n) is 12.8. The minimum atomic E-state index is -0.534. The van der Waals surface area contributed by atoms with Crippen LogP contribution in [0.15, 0.2) is 12.1 Å². The molecule has 2 rings (SSSR count). The Kier molecular flexibility index (Phi) is 4.88. The fourth-order valence-corrected chi connectivity index (χ4v) is 3.04. The maximum absolute atomic E-state index is 12.3. The molecule has 0 atom stereocenters. The van der Waals surface area contributed by atoms with Crippen molar-refractivity contribution in [3.63, 3.8) is 0 Å². The maximum Gasteiger partial charge on any atom is 0.412 e. The molecule has 0 saturated carbocycles. The number of rotatable bonds is 2. The summed E-state index contributed by atoms with van der Waals surface area (Å²) in [4.78, 5) is 26.5. The van der Waals surface area contributed by atoms with Crippen molar-refractivity contribution < 1.29 is 14.3 Å². The Bertz CT molecular complexity index is 513. The number of nitrogens with zero attached hydrogens (tertiary/aromatic N) is 1. The highest BCUT2D eigenvalue weighted by Crippen LogP contribution is 2.25. The molecule has 5 nitrogen and oxygen atoms in total. The summed E-state index contributed by atoms with van der Waals surface area (Å²) in [5, 5.41) is 3.29. The largest absolute Gasteiger partial charge is 0.444 e. The van der Waals surface area contributed by atoms with Crippen molar-refractivity contribution >= 4 is 28.3 Å². The average molecular weight is 310 g/mol. The summed E-state index contributed by atoms with van der Waals surface area (Å²) in [6.07, 6.45) is 2.83. The van der Waals surface area contributed by atoms with E-state index in [9.17, 15) is 9.59 Å². The van der Waals surface area contributed by atoms with Crippen LogP contribution < -0.4 is 5.32 Å². The van der Waals surface area contributed by atoms with E-state index in [0.717, 1.165) is 25.9 Å². The molecule has 1 aromatic heterocycles. The molecular weight excluding hydrogens is 288 g/mol. The van der Waals surface area contributed by atoms with Crippen LogP contribution in [0, 0.1) is 0 Å². The molecule has 1 aliphatic rings. The number of hydrogen-bond acceptors (Lipinski definition) is 4. The normalized spacial score (nSPS) is 15.7. The molecule has 0 bridgehead atoms. The number of thiophene rings is 1. The third-order valence-corrected chi connectivity index (χ3v) is 4.07. The van der Waals surface area contributed by atoms with Gasteiger partial charge in [0.1, 0.15) is 5.60 Å². The highest BCUT2D eigenvalue weighted by atomic mass is 32.1. The standard InChI is InChI=1S/C15H22N2O3S/c1-15(2,3)20-14(19)16-12-8-7-11(21-12)13(18)17-9-5-4-6-10-17/h7-8H,4-6,9-10H2,1-3H3,(H,16,19). The Balaban J connectivity index is 1.94. The van der Waals surface area contributed by atoms with Crippen molar-refractivity contribution in [2.75, 3.05) is 18.4 Å². The molecule has 1 fully saturated rings. The molecule has 1 aliphatic heterocycles. The van der Waals surface area contributed by atoms with Crippen LogP contribution in [-0.4, -0.2) is 35.6 Å². The minimum Gasteiger partial charge on any atom is -0.444 e. The zero-order chi connectivity index (χ0) is 15.5. The Morgan fingerprint density at radius 1 is 1.19 bits per heavy atom. The van der Waals surface area contributed by atoms with E-state index in [4.69, 9.17) is 4.74 Å². The van der Waals surface area contributed by atoms with Gasteiger partial charge in [-0.25, -0.2) is 4.79 Å². The quantitative estimate of drug-likeness (QED) is 0.905. The third kappa shape index (κ3) is 4.74. The summed E-state index contributed by atoms with van der Waals surface area (Å²) in [5.74, 6) is 0.0527. The van der Waals surface area contributed by atoms with Crippen molar-refractivity contribution in [1.29, 1.82) is 0 Å². The van der Waals surface area contributed by atoms with Crippen molar-refractivity contribution in [2.45, 2.75) is 45.6 Å². The van der Waals surface area contributed by atoms with Gasteiger partial charge in [-0.15, -0.1) is 11.3 Å².